The van der Waals surface area contributed by atoms with Crippen LogP contribution in [0.5, 0.6) is 11.5 Å². The molecule has 1 aromatic carbocycles. The fourth-order valence-corrected chi connectivity index (χ4v) is 2.83. The Balaban J connectivity index is 0.00000288. The standard InChI is InChI=1S/C17H27N3O3.ClH/c1-13-10-18-8-9-20(13)12-16(21)19(2)11-14-6-5-7-15(22-3)17(14)23-4;/h5-7,13,18H,8-12H2,1-4H3;1H/t13-;/m0./s1. The average molecular weight is 358 g/mol. The highest BCUT2D eigenvalue weighted by molar-refractivity contribution is 5.85. The maximum absolute atomic E-state index is 12.5. The minimum absolute atomic E-state index is 0. The molecule has 0 bridgehead atoms. The molecule has 0 unspecified atom stereocenters. The Bertz CT molecular complexity index is 542. The van der Waals surface area contributed by atoms with Crippen molar-refractivity contribution in [1.29, 1.82) is 0 Å². The van der Waals surface area contributed by atoms with E-state index in [4.69, 9.17) is 9.47 Å². The lowest BCUT2D eigenvalue weighted by atomic mass is 10.1. The van der Waals surface area contributed by atoms with Gasteiger partial charge in [0.25, 0.3) is 0 Å². The molecule has 24 heavy (non-hydrogen) atoms. The summed E-state index contributed by atoms with van der Waals surface area (Å²) in [5, 5.41) is 3.34. The lowest BCUT2D eigenvalue weighted by molar-refractivity contribution is -0.132. The van der Waals surface area contributed by atoms with Gasteiger partial charge in [0.15, 0.2) is 11.5 Å². The average Bonchev–Trinajstić information content (AvgIpc) is 2.56. The third-order valence-corrected chi connectivity index (χ3v) is 4.29. The minimum Gasteiger partial charge on any atom is -0.493 e. The second kappa shape index (κ2) is 9.71. The van der Waals surface area contributed by atoms with Crippen LogP contribution in [0.2, 0.25) is 0 Å². The molecule has 7 heteroatoms. The van der Waals surface area contributed by atoms with E-state index in [1.165, 1.54) is 0 Å². The van der Waals surface area contributed by atoms with Crippen molar-refractivity contribution in [3.8, 4) is 11.5 Å². The van der Waals surface area contributed by atoms with Gasteiger partial charge in [-0.2, -0.15) is 0 Å². The molecule has 1 atom stereocenters. The number of methoxy groups -OCH3 is 2. The van der Waals surface area contributed by atoms with Crippen molar-refractivity contribution in [1.82, 2.24) is 15.1 Å². The highest BCUT2D eigenvalue weighted by Crippen LogP contribution is 2.31. The SMILES string of the molecule is COc1cccc(CN(C)C(=O)CN2CCNC[C@@H]2C)c1OC.Cl. The van der Waals surface area contributed by atoms with Gasteiger partial charge in [0, 0.05) is 44.8 Å². The molecule has 0 saturated carbocycles. The molecule has 1 heterocycles. The summed E-state index contributed by atoms with van der Waals surface area (Å²) in [6.45, 7) is 5.87. The van der Waals surface area contributed by atoms with Gasteiger partial charge in [-0.15, -0.1) is 12.4 Å². The van der Waals surface area contributed by atoms with Crippen molar-refractivity contribution in [3.63, 3.8) is 0 Å². The minimum atomic E-state index is 0. The topological polar surface area (TPSA) is 54.0 Å². The largest absolute Gasteiger partial charge is 0.493 e. The summed E-state index contributed by atoms with van der Waals surface area (Å²) in [4.78, 5) is 16.5. The van der Waals surface area contributed by atoms with Gasteiger partial charge in [-0.1, -0.05) is 12.1 Å². The number of nitrogens with zero attached hydrogens (tertiary/aromatic N) is 2. The van der Waals surface area contributed by atoms with Crippen molar-refractivity contribution >= 4 is 18.3 Å². The van der Waals surface area contributed by atoms with E-state index >= 15 is 0 Å². The number of rotatable bonds is 6. The second-order valence-corrected chi connectivity index (χ2v) is 5.93. The molecule has 2 rings (SSSR count). The number of hydrogen-bond acceptors (Lipinski definition) is 5. The number of nitrogens with one attached hydrogen (secondary N) is 1. The van der Waals surface area contributed by atoms with E-state index in [0.717, 1.165) is 25.2 Å². The molecule has 1 saturated heterocycles. The fraction of sp³-hybridized carbons (Fsp3) is 0.588. The van der Waals surface area contributed by atoms with Gasteiger partial charge in [-0.25, -0.2) is 0 Å². The van der Waals surface area contributed by atoms with Crippen LogP contribution in [0.4, 0.5) is 0 Å². The molecule has 6 nitrogen and oxygen atoms in total. The Labute approximate surface area is 150 Å². The Morgan fingerprint density at radius 2 is 2.12 bits per heavy atom. The van der Waals surface area contributed by atoms with Crippen molar-refractivity contribution in [3.05, 3.63) is 23.8 Å². The van der Waals surface area contributed by atoms with E-state index in [0.29, 0.717) is 30.6 Å². The summed E-state index contributed by atoms with van der Waals surface area (Å²) >= 11 is 0. The van der Waals surface area contributed by atoms with Crippen LogP contribution in [0.1, 0.15) is 12.5 Å². The number of para-hydroxylation sites is 1. The molecule has 1 fully saturated rings. The number of likely N-dealkylation sites (N-methyl/N-ethyl adjacent to an activating group) is 1. The van der Waals surface area contributed by atoms with Crippen molar-refractivity contribution < 1.29 is 14.3 Å². The summed E-state index contributed by atoms with van der Waals surface area (Å²) in [5.41, 5.74) is 0.941. The molecule has 1 N–H and O–H groups in total. The van der Waals surface area contributed by atoms with Gasteiger partial charge in [0.05, 0.1) is 20.8 Å². The van der Waals surface area contributed by atoms with E-state index in [2.05, 4.69) is 17.1 Å². The van der Waals surface area contributed by atoms with E-state index in [1.807, 2.05) is 25.2 Å². The van der Waals surface area contributed by atoms with Crippen LogP contribution in [0, 0.1) is 0 Å². The first-order chi connectivity index (χ1) is 11.1. The second-order valence-electron chi connectivity index (χ2n) is 5.93. The Morgan fingerprint density at radius 3 is 2.75 bits per heavy atom. The molecule has 0 spiro atoms. The molecule has 1 aliphatic rings. The summed E-state index contributed by atoms with van der Waals surface area (Å²) in [5.74, 6) is 1.48. The van der Waals surface area contributed by atoms with Crippen LogP contribution in [-0.2, 0) is 11.3 Å². The van der Waals surface area contributed by atoms with Crippen LogP contribution in [0.15, 0.2) is 18.2 Å². The predicted molar refractivity (Wildman–Crippen MR) is 97.2 cm³/mol. The van der Waals surface area contributed by atoms with Crippen molar-refractivity contribution in [2.75, 3.05) is 47.4 Å². The zero-order valence-electron chi connectivity index (χ0n) is 14.9. The van der Waals surface area contributed by atoms with Gasteiger partial charge < -0.3 is 19.7 Å². The smallest absolute Gasteiger partial charge is 0.236 e. The maximum Gasteiger partial charge on any atom is 0.236 e. The molecule has 0 aliphatic carbocycles. The zero-order valence-corrected chi connectivity index (χ0v) is 15.7. The van der Waals surface area contributed by atoms with Crippen molar-refractivity contribution in [2.45, 2.75) is 19.5 Å². The Kier molecular flexibility index (Phi) is 8.31. The van der Waals surface area contributed by atoms with E-state index in [9.17, 15) is 4.79 Å². The lowest BCUT2D eigenvalue weighted by Crippen LogP contribution is -2.52. The highest BCUT2D eigenvalue weighted by Gasteiger charge is 2.22. The van der Waals surface area contributed by atoms with Crippen LogP contribution < -0.4 is 14.8 Å². The monoisotopic (exact) mass is 357 g/mol. The number of halogens is 1. The first kappa shape index (κ1) is 20.5. The molecule has 0 aromatic heterocycles. The van der Waals surface area contributed by atoms with Crippen LogP contribution in [0.25, 0.3) is 0 Å². The molecule has 136 valence electrons. The Hall–Kier alpha value is -1.50. The van der Waals surface area contributed by atoms with Gasteiger partial charge in [0.2, 0.25) is 5.91 Å². The third-order valence-electron chi connectivity index (χ3n) is 4.29. The molecule has 0 radical (unpaired) electrons. The maximum atomic E-state index is 12.5. The van der Waals surface area contributed by atoms with Crippen LogP contribution in [0.3, 0.4) is 0 Å². The Morgan fingerprint density at radius 1 is 1.38 bits per heavy atom. The normalized spacial score (nSPS) is 17.8. The summed E-state index contributed by atoms with van der Waals surface area (Å²) in [7, 11) is 5.06. The molecule has 1 amide bonds. The quantitative estimate of drug-likeness (QED) is 0.833. The number of amides is 1. The molecule has 1 aromatic rings. The van der Waals surface area contributed by atoms with Crippen molar-refractivity contribution in [2.24, 2.45) is 0 Å². The summed E-state index contributed by atoms with van der Waals surface area (Å²) < 4.78 is 10.7. The van der Waals surface area contributed by atoms with Crippen LogP contribution in [-0.4, -0.2) is 69.2 Å². The number of carbonyl (C=O) groups is 1. The van der Waals surface area contributed by atoms with Gasteiger partial charge in [-0.3, -0.25) is 9.69 Å². The summed E-state index contributed by atoms with van der Waals surface area (Å²) in [6.07, 6.45) is 0. The van der Waals surface area contributed by atoms with Gasteiger partial charge in [-0.05, 0) is 13.0 Å². The van der Waals surface area contributed by atoms with E-state index in [1.54, 1.807) is 19.1 Å². The number of benzene rings is 1. The number of piperazine rings is 1. The first-order valence-corrected chi connectivity index (χ1v) is 7.95. The predicted octanol–water partition coefficient (Wildman–Crippen LogP) is 1.38. The van der Waals surface area contributed by atoms with Crippen LogP contribution >= 0.6 is 12.4 Å². The van der Waals surface area contributed by atoms with Gasteiger partial charge in [0.1, 0.15) is 0 Å². The zero-order chi connectivity index (χ0) is 16.8. The third kappa shape index (κ3) is 5.00. The molecular formula is C17H28ClN3O3. The number of carbonyl (C=O) groups excluding carboxylic acids is 1. The van der Waals surface area contributed by atoms with Gasteiger partial charge >= 0.3 is 0 Å². The fourth-order valence-electron chi connectivity index (χ4n) is 2.83. The first-order valence-electron chi connectivity index (χ1n) is 7.95. The molecule has 1 aliphatic heterocycles. The number of ether oxygens (including phenoxy) is 2. The van der Waals surface area contributed by atoms with E-state index < -0.39 is 0 Å². The lowest BCUT2D eigenvalue weighted by Gasteiger charge is -2.34. The van der Waals surface area contributed by atoms with E-state index in [-0.39, 0.29) is 18.3 Å². The highest BCUT2D eigenvalue weighted by atomic mass is 35.5. The number of hydrogen-bond donors (Lipinski definition) is 1. The molecular weight excluding hydrogens is 330 g/mol. The summed E-state index contributed by atoms with van der Waals surface area (Å²) in [6, 6.07) is 6.10.